The number of fused-ring (bicyclic) bond motifs is 1. The van der Waals surface area contributed by atoms with Gasteiger partial charge in [0, 0.05) is 9.86 Å². The Morgan fingerprint density at radius 2 is 1.40 bits per heavy atom. The molecule has 5 heteroatoms. The van der Waals surface area contributed by atoms with Gasteiger partial charge in [-0.05, 0) is 67.5 Å². The smallest absolute Gasteiger partial charge is 0.262 e. The van der Waals surface area contributed by atoms with Crippen molar-refractivity contribution in [2.45, 2.75) is 32.6 Å². The second kappa shape index (κ2) is 6.46. The number of benzene rings is 3. The SMILES string of the molecule is Cc1cc(C)c(C)c(S(=O)(=O)Nc2ccc(Br)c3ccccc23)c1C. The average molecular weight is 418 g/mol. The van der Waals surface area contributed by atoms with Gasteiger partial charge in [0.1, 0.15) is 0 Å². The lowest BCUT2D eigenvalue weighted by atomic mass is 10.0. The van der Waals surface area contributed by atoms with E-state index in [0.29, 0.717) is 10.6 Å². The first-order chi connectivity index (χ1) is 11.7. The Labute approximate surface area is 157 Å². The Balaban J connectivity index is 2.18. The van der Waals surface area contributed by atoms with Gasteiger partial charge in [-0.3, -0.25) is 4.72 Å². The molecule has 0 aromatic heterocycles. The molecule has 0 bridgehead atoms. The van der Waals surface area contributed by atoms with Gasteiger partial charge < -0.3 is 0 Å². The number of aryl methyl sites for hydroxylation is 2. The third-order valence-electron chi connectivity index (χ3n) is 4.68. The molecule has 3 rings (SSSR count). The first-order valence-corrected chi connectivity index (χ1v) is 10.3. The first-order valence-electron chi connectivity index (χ1n) is 8.00. The van der Waals surface area contributed by atoms with Crippen LogP contribution in [0.25, 0.3) is 10.8 Å². The monoisotopic (exact) mass is 417 g/mol. The second-order valence-corrected chi connectivity index (χ2v) is 8.81. The van der Waals surface area contributed by atoms with Gasteiger partial charge in [0.25, 0.3) is 10.0 Å². The molecule has 0 amide bonds. The van der Waals surface area contributed by atoms with Gasteiger partial charge in [0.05, 0.1) is 10.6 Å². The van der Waals surface area contributed by atoms with Gasteiger partial charge >= 0.3 is 0 Å². The Kier molecular flexibility index (Phi) is 4.64. The molecule has 3 aromatic carbocycles. The molecule has 0 unspecified atom stereocenters. The normalized spacial score (nSPS) is 11.7. The minimum Gasteiger partial charge on any atom is -0.279 e. The summed E-state index contributed by atoms with van der Waals surface area (Å²) < 4.78 is 30.0. The molecule has 3 nitrogen and oxygen atoms in total. The Morgan fingerprint density at radius 1 is 0.840 bits per heavy atom. The van der Waals surface area contributed by atoms with Crippen LogP contribution in [0, 0.1) is 27.7 Å². The molecule has 130 valence electrons. The maximum Gasteiger partial charge on any atom is 0.262 e. The first kappa shape index (κ1) is 18.0. The standard InChI is InChI=1S/C20H20BrNO2S/c1-12-11-13(2)15(4)20(14(12)3)25(23,24)22-19-10-9-18(21)16-7-5-6-8-17(16)19/h5-11,22H,1-4H3. The topological polar surface area (TPSA) is 46.2 Å². The molecule has 0 saturated heterocycles. The van der Waals surface area contributed by atoms with E-state index < -0.39 is 10.0 Å². The fourth-order valence-corrected chi connectivity index (χ4v) is 5.31. The highest BCUT2D eigenvalue weighted by Crippen LogP contribution is 2.33. The van der Waals surface area contributed by atoms with Crippen LogP contribution in [-0.2, 0) is 10.0 Å². The summed E-state index contributed by atoms with van der Waals surface area (Å²) in [7, 11) is -3.69. The molecule has 0 spiro atoms. The lowest BCUT2D eigenvalue weighted by Gasteiger charge is -2.17. The molecule has 0 atom stereocenters. The van der Waals surface area contributed by atoms with Crippen molar-refractivity contribution in [2.24, 2.45) is 0 Å². The zero-order chi connectivity index (χ0) is 18.4. The number of rotatable bonds is 3. The van der Waals surface area contributed by atoms with Crippen LogP contribution in [0.3, 0.4) is 0 Å². The van der Waals surface area contributed by atoms with Crippen LogP contribution in [-0.4, -0.2) is 8.42 Å². The molecule has 0 radical (unpaired) electrons. The van der Waals surface area contributed by atoms with Crippen LogP contribution in [0.15, 0.2) is 51.8 Å². The fourth-order valence-electron chi connectivity index (χ4n) is 3.13. The van der Waals surface area contributed by atoms with E-state index in [1.54, 1.807) is 6.07 Å². The van der Waals surface area contributed by atoms with E-state index in [4.69, 9.17) is 0 Å². The molecule has 0 fully saturated rings. The molecule has 1 N–H and O–H groups in total. The zero-order valence-electron chi connectivity index (χ0n) is 14.6. The predicted molar refractivity (Wildman–Crippen MR) is 108 cm³/mol. The Hall–Kier alpha value is -1.85. The highest BCUT2D eigenvalue weighted by molar-refractivity contribution is 9.10. The molecule has 3 aromatic rings. The largest absolute Gasteiger partial charge is 0.279 e. The van der Waals surface area contributed by atoms with Crippen LogP contribution in [0.4, 0.5) is 5.69 Å². The minimum absolute atomic E-state index is 0.372. The van der Waals surface area contributed by atoms with Crippen molar-refractivity contribution in [3.05, 3.63) is 69.2 Å². The third kappa shape index (κ3) is 3.18. The summed E-state index contributed by atoms with van der Waals surface area (Å²) in [5, 5.41) is 1.83. The summed E-state index contributed by atoms with van der Waals surface area (Å²) in [5.74, 6) is 0. The van der Waals surface area contributed by atoms with E-state index in [1.807, 2.05) is 64.1 Å². The molecule has 25 heavy (non-hydrogen) atoms. The van der Waals surface area contributed by atoms with E-state index in [0.717, 1.165) is 37.5 Å². The van der Waals surface area contributed by atoms with Crippen molar-refractivity contribution in [1.29, 1.82) is 0 Å². The van der Waals surface area contributed by atoms with Crippen LogP contribution in [0.1, 0.15) is 22.3 Å². The fraction of sp³-hybridized carbons (Fsp3) is 0.200. The van der Waals surface area contributed by atoms with Crippen molar-refractivity contribution in [3.63, 3.8) is 0 Å². The maximum absolute atomic E-state index is 13.2. The van der Waals surface area contributed by atoms with Crippen LogP contribution in [0.2, 0.25) is 0 Å². The maximum atomic E-state index is 13.2. The van der Waals surface area contributed by atoms with Crippen molar-refractivity contribution < 1.29 is 8.42 Å². The lowest BCUT2D eigenvalue weighted by molar-refractivity contribution is 0.599. The zero-order valence-corrected chi connectivity index (χ0v) is 17.0. The quantitative estimate of drug-likeness (QED) is 0.599. The van der Waals surface area contributed by atoms with Gasteiger partial charge in [-0.2, -0.15) is 0 Å². The number of nitrogens with one attached hydrogen (secondary N) is 1. The molecular weight excluding hydrogens is 398 g/mol. The third-order valence-corrected chi connectivity index (χ3v) is 7.01. The predicted octanol–water partition coefficient (Wildman–Crippen LogP) is 5.64. The summed E-state index contributed by atoms with van der Waals surface area (Å²) in [6.45, 7) is 7.59. The second-order valence-electron chi connectivity index (χ2n) is 6.34. The van der Waals surface area contributed by atoms with Crippen molar-refractivity contribution in [2.75, 3.05) is 4.72 Å². The van der Waals surface area contributed by atoms with Crippen molar-refractivity contribution >= 4 is 42.4 Å². The summed E-state index contributed by atoms with van der Waals surface area (Å²) in [6, 6.07) is 13.4. The molecular formula is C20H20BrNO2S. The van der Waals surface area contributed by atoms with E-state index in [-0.39, 0.29) is 0 Å². The van der Waals surface area contributed by atoms with E-state index in [2.05, 4.69) is 20.7 Å². The summed E-state index contributed by atoms with van der Waals surface area (Å²) in [5.41, 5.74) is 4.11. The number of anilines is 1. The average Bonchev–Trinajstić information content (AvgIpc) is 2.56. The van der Waals surface area contributed by atoms with Crippen LogP contribution in [0.5, 0.6) is 0 Å². The highest BCUT2D eigenvalue weighted by atomic mass is 79.9. The molecule has 0 heterocycles. The van der Waals surface area contributed by atoms with Gasteiger partial charge in [0.15, 0.2) is 0 Å². The minimum atomic E-state index is -3.69. The molecule has 0 aliphatic carbocycles. The highest BCUT2D eigenvalue weighted by Gasteiger charge is 2.23. The number of hydrogen-bond acceptors (Lipinski definition) is 2. The molecule has 0 saturated carbocycles. The number of hydrogen-bond donors (Lipinski definition) is 1. The number of sulfonamides is 1. The van der Waals surface area contributed by atoms with Gasteiger partial charge in [-0.15, -0.1) is 0 Å². The van der Waals surface area contributed by atoms with E-state index in [9.17, 15) is 8.42 Å². The van der Waals surface area contributed by atoms with Gasteiger partial charge in [-0.1, -0.05) is 46.3 Å². The van der Waals surface area contributed by atoms with E-state index in [1.165, 1.54) is 0 Å². The van der Waals surface area contributed by atoms with Gasteiger partial charge in [-0.25, -0.2) is 8.42 Å². The lowest BCUT2D eigenvalue weighted by Crippen LogP contribution is -2.17. The van der Waals surface area contributed by atoms with Crippen LogP contribution >= 0.6 is 15.9 Å². The summed E-state index contributed by atoms with van der Waals surface area (Å²) in [4.78, 5) is 0.372. The number of halogens is 1. The molecule has 0 aliphatic heterocycles. The van der Waals surface area contributed by atoms with Crippen molar-refractivity contribution in [1.82, 2.24) is 0 Å². The Bertz CT molecular complexity index is 1060. The molecule has 0 aliphatic rings. The summed E-state index contributed by atoms with van der Waals surface area (Å²) in [6.07, 6.45) is 0. The van der Waals surface area contributed by atoms with E-state index >= 15 is 0 Å². The van der Waals surface area contributed by atoms with Crippen molar-refractivity contribution in [3.8, 4) is 0 Å². The van der Waals surface area contributed by atoms with Gasteiger partial charge in [0.2, 0.25) is 0 Å². The van der Waals surface area contributed by atoms with Crippen LogP contribution < -0.4 is 4.72 Å². The Morgan fingerprint density at radius 3 is 2.00 bits per heavy atom. The summed E-state index contributed by atoms with van der Waals surface area (Å²) >= 11 is 3.52.